The molecule has 102 valence electrons. The van der Waals surface area contributed by atoms with E-state index in [2.05, 4.69) is 34.5 Å². The molecular weight excluding hydrogens is 242 g/mol. The molecule has 0 unspecified atom stereocenters. The monoisotopic (exact) mass is 261 g/mol. The molecule has 0 bridgehead atoms. The van der Waals surface area contributed by atoms with Crippen LogP contribution in [0.25, 0.3) is 0 Å². The predicted octanol–water partition coefficient (Wildman–Crippen LogP) is 2.24. The first-order valence-electron chi connectivity index (χ1n) is 6.24. The molecule has 0 atom stereocenters. The Morgan fingerprint density at radius 3 is 2.89 bits per heavy atom. The lowest BCUT2D eigenvalue weighted by atomic mass is 10.2. The Labute approximate surface area is 113 Å². The van der Waals surface area contributed by atoms with E-state index in [1.807, 2.05) is 6.07 Å². The highest BCUT2D eigenvalue weighted by Crippen LogP contribution is 2.17. The molecular formula is C14H19N3O2. The van der Waals surface area contributed by atoms with Crippen molar-refractivity contribution in [3.63, 3.8) is 0 Å². The number of esters is 1. The topological polar surface area (TPSA) is 66.2 Å². The Bertz CT molecular complexity index is 466. The van der Waals surface area contributed by atoms with Gasteiger partial charge in [-0.2, -0.15) is 5.26 Å². The summed E-state index contributed by atoms with van der Waals surface area (Å²) < 4.78 is 4.66. The molecule has 0 radical (unpaired) electrons. The molecule has 0 saturated heterocycles. The average molecular weight is 261 g/mol. The van der Waals surface area contributed by atoms with Gasteiger partial charge < -0.3 is 9.64 Å². The first-order chi connectivity index (χ1) is 9.08. The maximum absolute atomic E-state index is 11.5. The minimum atomic E-state index is -0.452. The molecule has 1 aromatic heterocycles. The van der Waals surface area contributed by atoms with Gasteiger partial charge >= 0.3 is 5.97 Å². The lowest BCUT2D eigenvalue weighted by Gasteiger charge is -2.25. The van der Waals surface area contributed by atoms with Crippen molar-refractivity contribution in [1.82, 2.24) is 4.98 Å². The molecule has 0 N–H and O–H groups in total. The van der Waals surface area contributed by atoms with Gasteiger partial charge in [0.2, 0.25) is 0 Å². The van der Waals surface area contributed by atoms with Gasteiger partial charge in [0, 0.05) is 25.0 Å². The van der Waals surface area contributed by atoms with Gasteiger partial charge in [-0.1, -0.05) is 13.8 Å². The van der Waals surface area contributed by atoms with E-state index in [0.717, 1.165) is 12.2 Å². The number of ether oxygens (including phenoxy) is 1. The summed E-state index contributed by atoms with van der Waals surface area (Å²) in [6.07, 6.45) is 2.03. The van der Waals surface area contributed by atoms with E-state index in [4.69, 9.17) is 5.26 Å². The summed E-state index contributed by atoms with van der Waals surface area (Å²) in [4.78, 5) is 17.5. The second-order valence-electron chi connectivity index (χ2n) is 4.64. The predicted molar refractivity (Wildman–Crippen MR) is 72.9 cm³/mol. The Morgan fingerprint density at radius 1 is 1.58 bits per heavy atom. The maximum atomic E-state index is 11.5. The van der Waals surface area contributed by atoms with E-state index in [0.29, 0.717) is 18.9 Å². The summed E-state index contributed by atoms with van der Waals surface area (Å²) in [5.41, 5.74) is 1.17. The number of carbonyl (C=O) groups excluding carboxylic acids is 1. The molecule has 1 heterocycles. The van der Waals surface area contributed by atoms with Crippen LogP contribution in [0.2, 0.25) is 0 Å². The molecule has 1 rings (SSSR count). The van der Waals surface area contributed by atoms with Gasteiger partial charge in [0.1, 0.15) is 5.69 Å². The third-order valence-corrected chi connectivity index (χ3v) is 2.58. The first kappa shape index (κ1) is 15.0. The number of carbonyl (C=O) groups is 1. The zero-order valence-corrected chi connectivity index (χ0v) is 11.6. The molecule has 0 spiro atoms. The number of nitrogens with zero attached hydrogens (tertiary/aromatic N) is 3. The third-order valence-electron chi connectivity index (χ3n) is 2.58. The van der Waals surface area contributed by atoms with Crippen LogP contribution in [0.15, 0.2) is 18.3 Å². The molecule has 0 aliphatic rings. The lowest BCUT2D eigenvalue weighted by Crippen LogP contribution is -2.28. The van der Waals surface area contributed by atoms with E-state index in [1.165, 1.54) is 7.11 Å². The van der Waals surface area contributed by atoms with Gasteiger partial charge in [0.15, 0.2) is 0 Å². The average Bonchev–Trinajstić information content (AvgIpc) is 2.42. The number of hydrogen-bond acceptors (Lipinski definition) is 5. The molecule has 0 saturated carbocycles. The largest absolute Gasteiger partial charge is 0.464 e. The van der Waals surface area contributed by atoms with Crippen LogP contribution in [-0.4, -0.2) is 31.2 Å². The number of rotatable bonds is 6. The van der Waals surface area contributed by atoms with Crippen LogP contribution in [-0.2, 0) is 4.74 Å². The molecule has 5 nitrogen and oxygen atoms in total. The third kappa shape index (κ3) is 4.59. The minimum absolute atomic E-state index is 0.283. The molecule has 5 heteroatoms. The summed E-state index contributed by atoms with van der Waals surface area (Å²) >= 11 is 0. The van der Waals surface area contributed by atoms with Crippen LogP contribution in [0.5, 0.6) is 0 Å². The van der Waals surface area contributed by atoms with E-state index in [-0.39, 0.29) is 5.69 Å². The standard InChI is InChI=1S/C14H19N3O2/c1-11(2)10-17(8-4-6-15)12-5-7-16-13(9-12)14(18)19-3/h5,7,9,11H,4,8,10H2,1-3H3. The SMILES string of the molecule is COC(=O)c1cc(N(CCC#N)CC(C)C)ccn1. The number of anilines is 1. The number of hydrogen-bond donors (Lipinski definition) is 0. The maximum Gasteiger partial charge on any atom is 0.356 e. The summed E-state index contributed by atoms with van der Waals surface area (Å²) in [5.74, 6) is 0.0139. The number of aromatic nitrogens is 1. The lowest BCUT2D eigenvalue weighted by molar-refractivity contribution is 0.0594. The Balaban J connectivity index is 2.94. The van der Waals surface area contributed by atoms with Gasteiger partial charge in [-0.3, -0.25) is 0 Å². The van der Waals surface area contributed by atoms with Crippen molar-refractivity contribution in [2.45, 2.75) is 20.3 Å². The molecule has 0 aliphatic carbocycles. The van der Waals surface area contributed by atoms with Crippen molar-refractivity contribution in [2.24, 2.45) is 5.92 Å². The molecule has 0 amide bonds. The second kappa shape index (κ2) is 7.37. The van der Waals surface area contributed by atoms with E-state index in [9.17, 15) is 4.79 Å². The fourth-order valence-electron chi connectivity index (χ4n) is 1.78. The van der Waals surface area contributed by atoms with E-state index >= 15 is 0 Å². The highest BCUT2D eigenvalue weighted by Gasteiger charge is 2.12. The van der Waals surface area contributed by atoms with Gasteiger partial charge in [0.25, 0.3) is 0 Å². The van der Waals surface area contributed by atoms with Crippen LogP contribution in [0.4, 0.5) is 5.69 Å². The van der Waals surface area contributed by atoms with Crippen molar-refractivity contribution in [3.8, 4) is 6.07 Å². The van der Waals surface area contributed by atoms with Crippen LogP contribution >= 0.6 is 0 Å². The van der Waals surface area contributed by atoms with Gasteiger partial charge in [-0.25, -0.2) is 9.78 Å². The highest BCUT2D eigenvalue weighted by atomic mass is 16.5. The summed E-state index contributed by atoms with van der Waals surface area (Å²) in [7, 11) is 1.33. The van der Waals surface area contributed by atoms with Crippen molar-refractivity contribution >= 4 is 11.7 Å². The van der Waals surface area contributed by atoms with Crippen molar-refractivity contribution in [2.75, 3.05) is 25.1 Å². The van der Waals surface area contributed by atoms with Crippen LogP contribution in [0.1, 0.15) is 30.8 Å². The summed E-state index contributed by atoms with van der Waals surface area (Å²) in [5, 5.41) is 8.71. The van der Waals surface area contributed by atoms with Crippen molar-refractivity contribution in [1.29, 1.82) is 5.26 Å². The van der Waals surface area contributed by atoms with Gasteiger partial charge in [-0.15, -0.1) is 0 Å². The van der Waals surface area contributed by atoms with E-state index < -0.39 is 5.97 Å². The van der Waals surface area contributed by atoms with Gasteiger partial charge in [-0.05, 0) is 18.1 Å². The van der Waals surface area contributed by atoms with E-state index in [1.54, 1.807) is 12.3 Å². The molecule has 0 fully saturated rings. The van der Waals surface area contributed by atoms with Crippen molar-refractivity contribution < 1.29 is 9.53 Å². The minimum Gasteiger partial charge on any atom is -0.464 e. The second-order valence-corrected chi connectivity index (χ2v) is 4.64. The van der Waals surface area contributed by atoms with Gasteiger partial charge in [0.05, 0.1) is 19.6 Å². The Kier molecular flexibility index (Phi) is 5.80. The number of pyridine rings is 1. The van der Waals surface area contributed by atoms with Crippen LogP contribution < -0.4 is 4.90 Å². The first-order valence-corrected chi connectivity index (χ1v) is 6.24. The fraction of sp³-hybridized carbons (Fsp3) is 0.500. The smallest absolute Gasteiger partial charge is 0.356 e. The summed E-state index contributed by atoms with van der Waals surface area (Å²) in [6.45, 7) is 5.69. The normalized spacial score (nSPS) is 10.1. The van der Waals surface area contributed by atoms with Crippen LogP contribution in [0.3, 0.4) is 0 Å². The number of nitriles is 1. The fourth-order valence-corrected chi connectivity index (χ4v) is 1.78. The molecule has 0 aromatic carbocycles. The Hall–Kier alpha value is -2.09. The molecule has 0 aliphatic heterocycles. The highest BCUT2D eigenvalue weighted by molar-refractivity contribution is 5.88. The molecule has 1 aromatic rings. The molecule has 19 heavy (non-hydrogen) atoms. The quantitative estimate of drug-likeness (QED) is 0.735. The number of methoxy groups -OCH3 is 1. The summed E-state index contributed by atoms with van der Waals surface area (Å²) in [6, 6.07) is 5.68. The zero-order chi connectivity index (χ0) is 14.3. The van der Waals surface area contributed by atoms with Crippen LogP contribution in [0, 0.1) is 17.2 Å². The van der Waals surface area contributed by atoms with Crippen molar-refractivity contribution in [3.05, 3.63) is 24.0 Å². The Morgan fingerprint density at radius 2 is 2.32 bits per heavy atom. The zero-order valence-electron chi connectivity index (χ0n) is 11.6.